The van der Waals surface area contributed by atoms with Crippen LogP contribution in [0.25, 0.3) is 4.96 Å². The first-order valence-electron chi connectivity index (χ1n) is 7.43. The van der Waals surface area contributed by atoms with Crippen LogP contribution >= 0.6 is 11.3 Å². The minimum absolute atomic E-state index is 0.0435. The number of hydrogen-bond donors (Lipinski definition) is 2. The Bertz CT molecular complexity index is 862. The highest BCUT2D eigenvalue weighted by atomic mass is 32.1. The molecule has 2 amide bonds. The standard InChI is InChI=1S/C16H15FN4O3S/c1-10(24-13-4-2-11(17)3-5-13)15(23)20-19-14(22)8-12-9-21-6-7-25-16(21)18-12/h2-7,9-10H,8H2,1H3,(H,19,22)(H,20,23). The second kappa shape index (κ2) is 7.31. The lowest BCUT2D eigenvalue weighted by atomic mass is 10.3. The van der Waals surface area contributed by atoms with Crippen LogP contribution in [0, 0.1) is 5.82 Å². The number of ether oxygens (including phenoxy) is 1. The van der Waals surface area contributed by atoms with Gasteiger partial charge in [-0.05, 0) is 31.2 Å². The first kappa shape index (κ1) is 16.9. The van der Waals surface area contributed by atoms with Crippen molar-refractivity contribution in [2.24, 2.45) is 0 Å². The predicted octanol–water partition coefficient (Wildman–Crippen LogP) is 1.69. The molecule has 0 aliphatic heterocycles. The van der Waals surface area contributed by atoms with E-state index in [0.29, 0.717) is 11.4 Å². The number of carbonyl (C=O) groups is 2. The molecular weight excluding hydrogens is 347 g/mol. The third kappa shape index (κ3) is 4.32. The van der Waals surface area contributed by atoms with Crippen LogP contribution in [-0.4, -0.2) is 27.3 Å². The fourth-order valence-corrected chi connectivity index (χ4v) is 2.79. The molecule has 0 radical (unpaired) electrons. The highest BCUT2D eigenvalue weighted by Gasteiger charge is 2.16. The summed E-state index contributed by atoms with van der Waals surface area (Å²) in [5.74, 6) is -0.957. The molecule has 3 aromatic rings. The number of hydrogen-bond acceptors (Lipinski definition) is 5. The molecular formula is C16H15FN4O3S. The molecule has 0 aliphatic carbocycles. The Morgan fingerprint density at radius 3 is 2.80 bits per heavy atom. The minimum atomic E-state index is -0.858. The number of thiazole rings is 1. The number of fused-ring (bicyclic) bond motifs is 1. The van der Waals surface area contributed by atoms with Gasteiger partial charge in [-0.2, -0.15) is 0 Å². The zero-order chi connectivity index (χ0) is 17.8. The Morgan fingerprint density at radius 1 is 1.32 bits per heavy atom. The molecule has 1 aromatic carbocycles. The fraction of sp³-hybridized carbons (Fsp3) is 0.188. The SMILES string of the molecule is CC(Oc1ccc(F)cc1)C(=O)NNC(=O)Cc1cn2ccsc2n1. The van der Waals surface area contributed by atoms with E-state index in [-0.39, 0.29) is 6.42 Å². The van der Waals surface area contributed by atoms with E-state index in [1.165, 1.54) is 42.5 Å². The number of carbonyl (C=O) groups excluding carboxylic acids is 2. The number of halogens is 1. The van der Waals surface area contributed by atoms with Gasteiger partial charge in [-0.3, -0.25) is 24.8 Å². The van der Waals surface area contributed by atoms with Gasteiger partial charge in [0.2, 0.25) is 5.91 Å². The van der Waals surface area contributed by atoms with E-state index in [1.807, 2.05) is 16.0 Å². The van der Waals surface area contributed by atoms with Gasteiger partial charge >= 0.3 is 0 Å². The summed E-state index contributed by atoms with van der Waals surface area (Å²) in [4.78, 5) is 28.9. The van der Waals surface area contributed by atoms with Gasteiger partial charge < -0.3 is 4.74 Å². The van der Waals surface area contributed by atoms with E-state index < -0.39 is 23.7 Å². The van der Waals surface area contributed by atoms with Gasteiger partial charge in [0.15, 0.2) is 11.1 Å². The molecule has 0 aliphatic rings. The van der Waals surface area contributed by atoms with E-state index in [4.69, 9.17) is 4.74 Å². The molecule has 2 N–H and O–H groups in total. The van der Waals surface area contributed by atoms with Gasteiger partial charge in [0.25, 0.3) is 5.91 Å². The summed E-state index contributed by atoms with van der Waals surface area (Å²) >= 11 is 1.47. The average molecular weight is 362 g/mol. The van der Waals surface area contributed by atoms with Crippen molar-refractivity contribution in [3.8, 4) is 5.75 Å². The molecule has 0 fully saturated rings. The summed E-state index contributed by atoms with van der Waals surface area (Å²) in [5.41, 5.74) is 5.22. The van der Waals surface area contributed by atoms with Crippen LogP contribution in [0.2, 0.25) is 0 Å². The molecule has 0 saturated heterocycles. The van der Waals surface area contributed by atoms with E-state index in [1.54, 1.807) is 6.20 Å². The van der Waals surface area contributed by atoms with Crippen molar-refractivity contribution in [1.82, 2.24) is 20.2 Å². The number of imidazole rings is 1. The summed E-state index contributed by atoms with van der Waals surface area (Å²) in [6.45, 7) is 1.52. The molecule has 2 heterocycles. The molecule has 9 heteroatoms. The lowest BCUT2D eigenvalue weighted by Crippen LogP contribution is -2.47. The number of benzene rings is 1. The number of nitrogens with zero attached hydrogens (tertiary/aromatic N) is 2. The molecule has 0 saturated carbocycles. The summed E-state index contributed by atoms with van der Waals surface area (Å²) in [6.07, 6.45) is 2.80. The fourth-order valence-electron chi connectivity index (χ4n) is 2.07. The van der Waals surface area contributed by atoms with Crippen molar-refractivity contribution in [2.45, 2.75) is 19.4 Å². The largest absolute Gasteiger partial charge is 0.481 e. The molecule has 0 spiro atoms. The van der Waals surface area contributed by atoms with Crippen molar-refractivity contribution < 1.29 is 18.7 Å². The van der Waals surface area contributed by atoms with Gasteiger partial charge in [-0.1, -0.05) is 0 Å². The van der Waals surface area contributed by atoms with Gasteiger partial charge in [0.1, 0.15) is 11.6 Å². The molecule has 25 heavy (non-hydrogen) atoms. The molecule has 0 bridgehead atoms. The predicted molar refractivity (Wildman–Crippen MR) is 89.5 cm³/mol. The van der Waals surface area contributed by atoms with Gasteiger partial charge in [0.05, 0.1) is 12.1 Å². The van der Waals surface area contributed by atoms with Crippen LogP contribution in [-0.2, 0) is 16.0 Å². The van der Waals surface area contributed by atoms with Gasteiger partial charge in [-0.15, -0.1) is 11.3 Å². The summed E-state index contributed by atoms with van der Waals surface area (Å²) < 4.78 is 20.0. The Hall–Kier alpha value is -2.94. The van der Waals surface area contributed by atoms with Gasteiger partial charge in [-0.25, -0.2) is 9.37 Å². The molecule has 1 atom stereocenters. The third-order valence-electron chi connectivity index (χ3n) is 3.31. The van der Waals surface area contributed by atoms with Crippen LogP contribution in [0.15, 0.2) is 42.0 Å². The van der Waals surface area contributed by atoms with Crippen LogP contribution in [0.5, 0.6) is 5.75 Å². The first-order valence-corrected chi connectivity index (χ1v) is 8.31. The lowest BCUT2D eigenvalue weighted by molar-refractivity contribution is -0.132. The summed E-state index contributed by atoms with van der Waals surface area (Å²) in [6, 6.07) is 5.30. The smallest absolute Gasteiger partial charge is 0.279 e. The molecule has 7 nitrogen and oxygen atoms in total. The monoisotopic (exact) mass is 362 g/mol. The van der Waals surface area contributed by atoms with Gasteiger partial charge in [0, 0.05) is 17.8 Å². The average Bonchev–Trinajstić information content (AvgIpc) is 3.16. The second-order valence-corrected chi connectivity index (χ2v) is 6.13. The van der Waals surface area contributed by atoms with E-state index >= 15 is 0 Å². The topological polar surface area (TPSA) is 84.7 Å². The van der Waals surface area contributed by atoms with Crippen LogP contribution < -0.4 is 15.6 Å². The van der Waals surface area contributed by atoms with E-state index in [0.717, 1.165) is 4.96 Å². The van der Waals surface area contributed by atoms with Crippen molar-refractivity contribution in [1.29, 1.82) is 0 Å². The number of nitrogens with one attached hydrogen (secondary N) is 2. The third-order valence-corrected chi connectivity index (χ3v) is 4.08. The second-order valence-electron chi connectivity index (χ2n) is 5.25. The van der Waals surface area contributed by atoms with Crippen LogP contribution in [0.3, 0.4) is 0 Å². The molecule has 2 aromatic heterocycles. The Balaban J connectivity index is 1.46. The zero-order valence-corrected chi connectivity index (χ0v) is 14.0. The van der Waals surface area contributed by atoms with E-state index in [2.05, 4.69) is 15.8 Å². The van der Waals surface area contributed by atoms with Crippen LogP contribution in [0.1, 0.15) is 12.6 Å². The quantitative estimate of drug-likeness (QED) is 0.677. The lowest BCUT2D eigenvalue weighted by Gasteiger charge is -2.15. The first-order chi connectivity index (χ1) is 12.0. The Labute approximate surface area is 146 Å². The van der Waals surface area contributed by atoms with Crippen molar-refractivity contribution in [3.05, 3.63) is 53.6 Å². The highest BCUT2D eigenvalue weighted by Crippen LogP contribution is 2.13. The van der Waals surface area contributed by atoms with E-state index in [9.17, 15) is 14.0 Å². The maximum absolute atomic E-state index is 12.8. The number of rotatable bonds is 5. The summed E-state index contributed by atoms with van der Waals surface area (Å²) in [5, 5.41) is 1.90. The molecule has 130 valence electrons. The maximum atomic E-state index is 12.8. The van der Waals surface area contributed by atoms with Crippen LogP contribution in [0.4, 0.5) is 4.39 Å². The minimum Gasteiger partial charge on any atom is -0.481 e. The Kier molecular flexibility index (Phi) is 4.94. The zero-order valence-electron chi connectivity index (χ0n) is 13.2. The normalized spacial score (nSPS) is 11.9. The van der Waals surface area contributed by atoms with Crippen molar-refractivity contribution in [3.63, 3.8) is 0 Å². The van der Waals surface area contributed by atoms with Crippen molar-refractivity contribution >= 4 is 28.1 Å². The summed E-state index contributed by atoms with van der Waals surface area (Å²) in [7, 11) is 0. The molecule has 1 unspecified atom stereocenters. The number of hydrazine groups is 1. The maximum Gasteiger partial charge on any atom is 0.279 e. The Morgan fingerprint density at radius 2 is 2.08 bits per heavy atom. The number of aromatic nitrogens is 2. The highest BCUT2D eigenvalue weighted by molar-refractivity contribution is 7.15. The molecule has 3 rings (SSSR count). The number of amides is 2. The van der Waals surface area contributed by atoms with Crippen molar-refractivity contribution in [2.75, 3.05) is 0 Å².